The molecule has 3 rings (SSSR count). The van der Waals surface area contributed by atoms with Crippen molar-refractivity contribution < 1.29 is 0 Å². The minimum atomic E-state index is 1.05. The van der Waals surface area contributed by atoms with Crippen LogP contribution < -0.4 is 0 Å². The van der Waals surface area contributed by atoms with Crippen LogP contribution in [0.15, 0.2) is 0 Å². The molecule has 3 aliphatic rings. The van der Waals surface area contributed by atoms with Gasteiger partial charge in [-0.15, -0.1) is 0 Å². The fraction of sp³-hybridized carbons (Fsp3) is 1.00. The lowest BCUT2D eigenvalue weighted by molar-refractivity contribution is 0.453. The summed E-state index contributed by atoms with van der Waals surface area (Å²) in [7, 11) is 0. The van der Waals surface area contributed by atoms with Crippen molar-refractivity contribution in [3.05, 3.63) is 0 Å². The molecule has 0 N–H and O–H groups in total. The molecule has 0 aromatic heterocycles. The van der Waals surface area contributed by atoms with Crippen LogP contribution in [0.2, 0.25) is 0 Å². The Morgan fingerprint density at radius 3 is 1.88 bits per heavy atom. The Hall–Kier alpha value is -0.0400. The first-order valence-corrected chi connectivity index (χ1v) is 3.74. The highest BCUT2D eigenvalue weighted by Crippen LogP contribution is 2.51. The Labute approximate surface area is 49.7 Å². The summed E-state index contributed by atoms with van der Waals surface area (Å²) in [4.78, 5) is 2.72. The Morgan fingerprint density at radius 2 is 1.50 bits per heavy atom. The topological polar surface area (TPSA) is 3.01 Å². The number of fused-ring (bicyclic) bond motifs is 1. The van der Waals surface area contributed by atoms with Gasteiger partial charge in [0, 0.05) is 18.1 Å². The van der Waals surface area contributed by atoms with Crippen LogP contribution in [0.1, 0.15) is 25.7 Å². The maximum Gasteiger partial charge on any atom is 0.0258 e. The number of piperidine rings is 2. The van der Waals surface area contributed by atoms with E-state index in [9.17, 15) is 0 Å². The van der Waals surface area contributed by atoms with E-state index >= 15 is 0 Å². The van der Waals surface area contributed by atoms with Crippen molar-refractivity contribution in [1.29, 1.82) is 0 Å². The Morgan fingerprint density at radius 1 is 0.875 bits per heavy atom. The molecule has 8 heavy (non-hydrogen) atoms. The van der Waals surface area contributed by atoms with Crippen LogP contribution in [0.25, 0.3) is 0 Å². The number of hydrogen-bond acceptors (Lipinski definition) is 1. The average Bonchev–Trinajstić information content (AvgIpc) is 2.11. The summed E-state index contributed by atoms with van der Waals surface area (Å²) in [6.45, 7) is 0. The third-order valence-electron chi connectivity index (χ3n) is 3.13. The highest BCUT2D eigenvalue weighted by Gasteiger charge is 2.58. The number of hydrogen-bond donors (Lipinski definition) is 0. The van der Waals surface area contributed by atoms with Gasteiger partial charge < -0.3 is 0 Å². The molecule has 2 unspecified atom stereocenters. The van der Waals surface area contributed by atoms with Gasteiger partial charge in [0.1, 0.15) is 0 Å². The molecule has 0 radical (unpaired) electrons. The first kappa shape index (κ1) is 3.89. The highest BCUT2D eigenvalue weighted by molar-refractivity contribution is 5.15. The zero-order valence-electron chi connectivity index (χ0n) is 5.01. The summed E-state index contributed by atoms with van der Waals surface area (Å²) in [6.07, 6.45) is 6.08. The maximum atomic E-state index is 2.72. The van der Waals surface area contributed by atoms with E-state index in [2.05, 4.69) is 4.90 Å². The molecule has 2 atom stereocenters. The van der Waals surface area contributed by atoms with Crippen LogP contribution in [0.5, 0.6) is 0 Å². The molecule has 0 aliphatic carbocycles. The van der Waals surface area contributed by atoms with Crippen molar-refractivity contribution in [3.8, 4) is 0 Å². The van der Waals surface area contributed by atoms with E-state index in [0.29, 0.717) is 0 Å². The third-order valence-corrected chi connectivity index (χ3v) is 3.13. The van der Waals surface area contributed by atoms with Gasteiger partial charge in [0.25, 0.3) is 0 Å². The third kappa shape index (κ3) is 0.255. The zero-order valence-corrected chi connectivity index (χ0v) is 5.01. The van der Waals surface area contributed by atoms with E-state index in [1.165, 1.54) is 25.7 Å². The second-order valence-corrected chi connectivity index (χ2v) is 3.39. The second-order valence-electron chi connectivity index (χ2n) is 3.39. The van der Waals surface area contributed by atoms with E-state index in [4.69, 9.17) is 0 Å². The van der Waals surface area contributed by atoms with Crippen LogP contribution in [0.3, 0.4) is 0 Å². The number of rotatable bonds is 0. The molecule has 3 fully saturated rings. The van der Waals surface area contributed by atoms with Gasteiger partial charge in [-0.1, -0.05) is 0 Å². The molecule has 1 heteroatoms. The molecule has 0 amide bonds. The predicted molar refractivity (Wildman–Crippen MR) is 31.7 cm³/mol. The molecule has 1 nitrogen and oxygen atoms in total. The first-order chi connectivity index (χ1) is 3.97. The molecule has 0 spiro atoms. The van der Waals surface area contributed by atoms with Crippen molar-refractivity contribution in [1.82, 2.24) is 4.90 Å². The monoisotopic (exact) mass is 109 g/mol. The van der Waals surface area contributed by atoms with Crippen molar-refractivity contribution in [2.45, 2.75) is 43.8 Å². The highest BCUT2D eigenvalue weighted by atomic mass is 15.4. The molecule has 0 aromatic carbocycles. The van der Waals surface area contributed by atoms with Crippen molar-refractivity contribution >= 4 is 0 Å². The zero-order chi connectivity index (χ0) is 5.14. The van der Waals surface area contributed by atoms with Gasteiger partial charge in [0.2, 0.25) is 0 Å². The van der Waals surface area contributed by atoms with Crippen LogP contribution in [0, 0.1) is 0 Å². The SMILES string of the molecule is C1CC2C3CCC1N23. The van der Waals surface area contributed by atoms with E-state index in [-0.39, 0.29) is 0 Å². The lowest BCUT2D eigenvalue weighted by Crippen LogP contribution is -2.07. The van der Waals surface area contributed by atoms with Crippen molar-refractivity contribution in [3.63, 3.8) is 0 Å². The quantitative estimate of drug-likeness (QED) is 0.419. The van der Waals surface area contributed by atoms with Gasteiger partial charge in [-0.2, -0.15) is 0 Å². The largest absolute Gasteiger partial charge is 0.291 e. The molecule has 44 valence electrons. The summed E-state index contributed by atoms with van der Waals surface area (Å²) < 4.78 is 0. The molecule has 3 saturated heterocycles. The molecule has 0 bridgehead atoms. The normalized spacial score (nSPS) is 66.0. The maximum absolute atomic E-state index is 2.72. The Balaban J connectivity index is 2.02. The van der Waals surface area contributed by atoms with Crippen molar-refractivity contribution in [2.75, 3.05) is 0 Å². The fourth-order valence-corrected chi connectivity index (χ4v) is 2.75. The van der Waals surface area contributed by atoms with E-state index in [1.807, 2.05) is 0 Å². The minimum absolute atomic E-state index is 1.05. The first-order valence-electron chi connectivity index (χ1n) is 3.74. The van der Waals surface area contributed by atoms with Gasteiger partial charge in [0.05, 0.1) is 0 Å². The summed E-state index contributed by atoms with van der Waals surface area (Å²) in [6, 6.07) is 3.20. The molecular weight excluding hydrogens is 98.1 g/mol. The lowest BCUT2D eigenvalue weighted by Gasteiger charge is -2.02. The second kappa shape index (κ2) is 0.971. The smallest absolute Gasteiger partial charge is 0.0258 e. The molecule has 0 saturated carbocycles. The molecular formula is C7H11N. The molecule has 0 aromatic rings. The summed E-state index contributed by atoms with van der Waals surface area (Å²) in [5.41, 5.74) is 0. The van der Waals surface area contributed by atoms with Gasteiger partial charge in [-0.25, -0.2) is 0 Å². The Bertz CT molecular complexity index is 118. The lowest BCUT2D eigenvalue weighted by atomic mass is 10.2. The number of nitrogens with zero attached hydrogens (tertiary/aromatic N) is 1. The average molecular weight is 109 g/mol. The van der Waals surface area contributed by atoms with E-state index in [1.54, 1.807) is 0 Å². The van der Waals surface area contributed by atoms with Crippen LogP contribution in [0.4, 0.5) is 0 Å². The van der Waals surface area contributed by atoms with Gasteiger partial charge >= 0.3 is 0 Å². The van der Waals surface area contributed by atoms with Crippen molar-refractivity contribution in [2.24, 2.45) is 0 Å². The van der Waals surface area contributed by atoms with Crippen LogP contribution in [-0.2, 0) is 0 Å². The Kier molecular flexibility index (Phi) is 0.472. The summed E-state index contributed by atoms with van der Waals surface area (Å²) >= 11 is 0. The van der Waals surface area contributed by atoms with E-state index in [0.717, 1.165) is 18.1 Å². The van der Waals surface area contributed by atoms with E-state index < -0.39 is 0 Å². The van der Waals surface area contributed by atoms with Crippen LogP contribution >= 0.6 is 0 Å². The molecule has 3 aliphatic heterocycles. The predicted octanol–water partition coefficient (Wildman–Crippen LogP) is 0.995. The fourth-order valence-electron chi connectivity index (χ4n) is 2.75. The van der Waals surface area contributed by atoms with Gasteiger partial charge in [-0.05, 0) is 25.7 Å². The van der Waals surface area contributed by atoms with Gasteiger partial charge in [-0.3, -0.25) is 4.90 Å². The van der Waals surface area contributed by atoms with Crippen LogP contribution in [-0.4, -0.2) is 23.0 Å². The minimum Gasteiger partial charge on any atom is -0.291 e. The molecule has 3 heterocycles. The standard InChI is InChI=1S/C7H11N/c1-3-6-7-4-2-5(1)8(6)7/h5-7H,1-4H2. The summed E-state index contributed by atoms with van der Waals surface area (Å²) in [5, 5.41) is 0. The summed E-state index contributed by atoms with van der Waals surface area (Å²) in [5.74, 6) is 0. The van der Waals surface area contributed by atoms with Gasteiger partial charge in [0.15, 0.2) is 0 Å².